The minimum absolute atomic E-state index is 0.413. The molecule has 14 heavy (non-hydrogen) atoms. The van der Waals surface area contributed by atoms with Gasteiger partial charge in [-0.05, 0) is 46.0 Å². The Morgan fingerprint density at radius 2 is 2.36 bits per heavy atom. The van der Waals surface area contributed by atoms with E-state index in [-0.39, 0.29) is 0 Å². The van der Waals surface area contributed by atoms with E-state index in [0.717, 1.165) is 22.9 Å². The normalized spacial score (nSPS) is 30.4. The molecule has 2 rings (SSSR count). The van der Waals surface area contributed by atoms with Crippen molar-refractivity contribution in [3.05, 3.63) is 33.3 Å². The largest absolute Gasteiger partial charge is 0.385 e. The Hall–Kier alpha value is -0.0500. The Balaban J connectivity index is 2.31. The van der Waals surface area contributed by atoms with E-state index < -0.39 is 5.60 Å². The van der Waals surface area contributed by atoms with Crippen LogP contribution in [0, 0.1) is 5.92 Å². The summed E-state index contributed by atoms with van der Waals surface area (Å²) in [5.74, 6) is 0.413. The molecule has 0 radical (unpaired) electrons. The van der Waals surface area contributed by atoms with E-state index >= 15 is 0 Å². The van der Waals surface area contributed by atoms with Gasteiger partial charge in [-0.1, -0.05) is 31.0 Å². The number of halogens is 2. The zero-order valence-electron chi connectivity index (χ0n) is 7.93. The van der Waals surface area contributed by atoms with Gasteiger partial charge in [0.1, 0.15) is 0 Å². The van der Waals surface area contributed by atoms with E-state index in [1.54, 1.807) is 0 Å². The fraction of sp³-hybridized carbons (Fsp3) is 0.455. The zero-order chi connectivity index (χ0) is 10.3. The van der Waals surface area contributed by atoms with Crippen molar-refractivity contribution in [2.75, 3.05) is 0 Å². The van der Waals surface area contributed by atoms with Crippen LogP contribution in [0.3, 0.4) is 0 Å². The molecule has 0 bridgehead atoms. The number of aliphatic hydroxyl groups is 1. The van der Waals surface area contributed by atoms with Crippen LogP contribution in [0.15, 0.2) is 22.7 Å². The molecule has 1 aromatic carbocycles. The maximum absolute atomic E-state index is 10.2. The van der Waals surface area contributed by atoms with E-state index in [9.17, 15) is 5.11 Å². The van der Waals surface area contributed by atoms with E-state index in [4.69, 9.17) is 11.6 Å². The molecule has 2 unspecified atom stereocenters. The maximum Gasteiger partial charge on any atom is 0.0929 e. The molecule has 0 aromatic heterocycles. The first-order valence-corrected chi connectivity index (χ1v) is 5.93. The Morgan fingerprint density at radius 3 is 2.86 bits per heavy atom. The van der Waals surface area contributed by atoms with Gasteiger partial charge in [-0.2, -0.15) is 0 Å². The van der Waals surface area contributed by atoms with Gasteiger partial charge in [0.25, 0.3) is 0 Å². The number of rotatable bonds is 2. The second-order valence-corrected chi connectivity index (χ2v) is 5.12. The van der Waals surface area contributed by atoms with E-state index in [0.29, 0.717) is 10.9 Å². The molecule has 0 heterocycles. The summed E-state index contributed by atoms with van der Waals surface area (Å²) in [4.78, 5) is 0. The van der Waals surface area contributed by atoms with Crippen LogP contribution in [0.1, 0.15) is 25.3 Å². The van der Waals surface area contributed by atoms with E-state index in [1.807, 2.05) is 18.2 Å². The molecule has 1 aromatic rings. The smallest absolute Gasteiger partial charge is 0.0929 e. The molecule has 0 saturated heterocycles. The highest BCUT2D eigenvalue weighted by Gasteiger charge is 2.52. The third kappa shape index (κ3) is 1.60. The minimum atomic E-state index is -0.595. The summed E-state index contributed by atoms with van der Waals surface area (Å²) in [6, 6.07) is 5.64. The lowest BCUT2D eigenvalue weighted by atomic mass is 10.1. The molecule has 2 atom stereocenters. The Labute approximate surface area is 97.2 Å². The lowest BCUT2D eigenvalue weighted by Gasteiger charge is -2.11. The number of hydrogen-bond donors (Lipinski definition) is 1. The first kappa shape index (κ1) is 10.5. The van der Waals surface area contributed by atoms with Crippen LogP contribution in [-0.2, 0) is 5.60 Å². The van der Waals surface area contributed by atoms with Crippen molar-refractivity contribution in [1.82, 2.24) is 0 Å². The highest BCUT2D eigenvalue weighted by Crippen LogP contribution is 2.54. The first-order valence-electron chi connectivity index (χ1n) is 4.76. The zero-order valence-corrected chi connectivity index (χ0v) is 10.3. The molecule has 3 heteroatoms. The van der Waals surface area contributed by atoms with Crippen LogP contribution in [0.4, 0.5) is 0 Å². The van der Waals surface area contributed by atoms with Crippen LogP contribution in [0.5, 0.6) is 0 Å². The van der Waals surface area contributed by atoms with Gasteiger partial charge in [0.2, 0.25) is 0 Å². The third-order valence-corrected chi connectivity index (χ3v) is 4.20. The molecule has 1 N–H and O–H groups in total. The highest BCUT2D eigenvalue weighted by molar-refractivity contribution is 9.10. The summed E-state index contributed by atoms with van der Waals surface area (Å²) in [6.07, 6.45) is 1.90. The van der Waals surface area contributed by atoms with Crippen LogP contribution < -0.4 is 0 Å². The fourth-order valence-corrected chi connectivity index (χ4v) is 2.41. The number of benzene rings is 1. The van der Waals surface area contributed by atoms with Crippen LogP contribution in [0.25, 0.3) is 0 Å². The lowest BCUT2D eigenvalue weighted by Crippen LogP contribution is -2.08. The van der Waals surface area contributed by atoms with Crippen molar-refractivity contribution in [3.63, 3.8) is 0 Å². The topological polar surface area (TPSA) is 20.2 Å². The van der Waals surface area contributed by atoms with Crippen LogP contribution >= 0.6 is 27.5 Å². The third-order valence-electron chi connectivity index (χ3n) is 2.99. The predicted octanol–water partition coefficient (Wildman–Crippen LogP) is 3.72. The van der Waals surface area contributed by atoms with Crippen molar-refractivity contribution < 1.29 is 5.11 Å². The van der Waals surface area contributed by atoms with Crippen LogP contribution in [-0.4, -0.2) is 5.11 Å². The van der Waals surface area contributed by atoms with Gasteiger partial charge in [-0.3, -0.25) is 0 Å². The molecule has 1 nitrogen and oxygen atoms in total. The second-order valence-electron chi connectivity index (χ2n) is 3.86. The maximum atomic E-state index is 10.2. The molecular formula is C11H12BrClO. The van der Waals surface area contributed by atoms with Crippen molar-refractivity contribution in [1.29, 1.82) is 0 Å². The van der Waals surface area contributed by atoms with Gasteiger partial charge < -0.3 is 5.11 Å². The van der Waals surface area contributed by atoms with Crippen LogP contribution in [0.2, 0.25) is 5.02 Å². The predicted molar refractivity (Wildman–Crippen MR) is 61.4 cm³/mol. The average molecular weight is 276 g/mol. The Kier molecular flexibility index (Phi) is 2.63. The molecule has 1 saturated carbocycles. The van der Waals surface area contributed by atoms with E-state index in [2.05, 4.69) is 22.9 Å². The molecular weight excluding hydrogens is 263 g/mol. The standard InChI is InChI=1S/C11H12BrClO/c1-2-7-6-11(7,14)8-3-4-10(13)9(12)5-8/h3-5,7,14H,2,6H2,1H3. The molecule has 0 aliphatic heterocycles. The minimum Gasteiger partial charge on any atom is -0.385 e. The van der Waals surface area contributed by atoms with Crippen molar-refractivity contribution in [2.45, 2.75) is 25.4 Å². The highest BCUT2D eigenvalue weighted by atomic mass is 79.9. The summed E-state index contributed by atoms with van der Waals surface area (Å²) < 4.78 is 0.854. The van der Waals surface area contributed by atoms with Gasteiger partial charge in [-0.25, -0.2) is 0 Å². The first-order chi connectivity index (χ1) is 6.58. The Morgan fingerprint density at radius 1 is 1.64 bits per heavy atom. The van der Waals surface area contributed by atoms with Gasteiger partial charge in [0.15, 0.2) is 0 Å². The molecule has 0 amide bonds. The van der Waals surface area contributed by atoms with Gasteiger partial charge >= 0.3 is 0 Å². The van der Waals surface area contributed by atoms with Crippen molar-refractivity contribution >= 4 is 27.5 Å². The summed E-state index contributed by atoms with van der Waals surface area (Å²) in [7, 11) is 0. The SMILES string of the molecule is CCC1CC1(O)c1ccc(Cl)c(Br)c1. The summed E-state index contributed by atoms with van der Waals surface area (Å²) >= 11 is 9.26. The molecule has 1 aliphatic carbocycles. The second kappa shape index (κ2) is 3.51. The molecule has 1 fully saturated rings. The monoisotopic (exact) mass is 274 g/mol. The van der Waals surface area contributed by atoms with Gasteiger partial charge in [0, 0.05) is 4.47 Å². The Bertz CT molecular complexity index is 366. The molecule has 0 spiro atoms. The fourth-order valence-electron chi connectivity index (χ4n) is 1.92. The summed E-state index contributed by atoms with van der Waals surface area (Å²) in [6.45, 7) is 2.10. The van der Waals surface area contributed by atoms with Crippen molar-refractivity contribution in [3.8, 4) is 0 Å². The average Bonchev–Trinajstić information content (AvgIpc) is 2.83. The lowest BCUT2D eigenvalue weighted by molar-refractivity contribution is 0.130. The van der Waals surface area contributed by atoms with Gasteiger partial charge in [0.05, 0.1) is 10.6 Å². The van der Waals surface area contributed by atoms with Gasteiger partial charge in [-0.15, -0.1) is 0 Å². The quantitative estimate of drug-likeness (QED) is 0.872. The van der Waals surface area contributed by atoms with E-state index in [1.165, 1.54) is 0 Å². The molecule has 76 valence electrons. The summed E-state index contributed by atoms with van der Waals surface area (Å²) in [5, 5.41) is 10.9. The van der Waals surface area contributed by atoms with Crippen molar-refractivity contribution in [2.24, 2.45) is 5.92 Å². The molecule has 1 aliphatic rings. The number of hydrogen-bond acceptors (Lipinski definition) is 1. The summed E-state index contributed by atoms with van der Waals surface area (Å²) in [5.41, 5.74) is 0.377.